The van der Waals surface area contributed by atoms with Gasteiger partial charge in [0.05, 0.1) is 16.5 Å². The van der Waals surface area contributed by atoms with Crippen LogP contribution in [0.15, 0.2) is 29.2 Å². The van der Waals surface area contributed by atoms with Gasteiger partial charge < -0.3 is 4.90 Å². The Hall–Kier alpha value is -1.16. The van der Waals surface area contributed by atoms with Gasteiger partial charge in [0.15, 0.2) is 9.84 Å². The maximum Gasteiger partial charge on any atom is 0.244 e. The van der Waals surface area contributed by atoms with Crippen molar-refractivity contribution in [2.45, 2.75) is 17.7 Å². The number of hydrogen-bond acceptors (Lipinski definition) is 5. The van der Waals surface area contributed by atoms with E-state index in [1.165, 1.54) is 16.4 Å². The predicted octanol–water partition coefficient (Wildman–Crippen LogP) is 0.998. The number of benzene rings is 1. The van der Waals surface area contributed by atoms with E-state index in [-0.39, 0.29) is 52.8 Å². The molecular weight excluding hydrogens is 400 g/mol. The fourth-order valence-electron chi connectivity index (χ4n) is 3.38. The number of piperazine rings is 1. The third kappa shape index (κ3) is 4.21. The predicted molar refractivity (Wildman–Crippen MR) is 98.2 cm³/mol. The van der Waals surface area contributed by atoms with Gasteiger partial charge in [-0.25, -0.2) is 16.8 Å². The van der Waals surface area contributed by atoms with Gasteiger partial charge in [0.25, 0.3) is 0 Å². The number of nitrogens with zero attached hydrogens (tertiary/aromatic N) is 2. The maximum atomic E-state index is 12.7. The Morgan fingerprint density at radius 1 is 1.15 bits per heavy atom. The molecule has 2 fully saturated rings. The average molecular weight is 421 g/mol. The molecule has 0 unspecified atom stereocenters. The van der Waals surface area contributed by atoms with Gasteiger partial charge in [0.2, 0.25) is 15.9 Å². The van der Waals surface area contributed by atoms with Crippen LogP contribution in [0.1, 0.15) is 12.8 Å². The monoisotopic (exact) mass is 420 g/mol. The fourth-order valence-corrected chi connectivity index (χ4v) is 7.16. The molecule has 0 saturated carbocycles. The maximum absolute atomic E-state index is 12.7. The molecule has 26 heavy (non-hydrogen) atoms. The lowest BCUT2D eigenvalue weighted by Gasteiger charge is -2.34. The molecule has 0 spiro atoms. The third-order valence-corrected chi connectivity index (χ3v) is 9.07. The molecule has 2 saturated heterocycles. The minimum absolute atomic E-state index is 0.0672. The van der Waals surface area contributed by atoms with Crippen molar-refractivity contribution in [3.8, 4) is 0 Å². The molecule has 0 N–H and O–H groups in total. The number of amides is 1. The quantitative estimate of drug-likeness (QED) is 0.724. The number of halogens is 1. The van der Waals surface area contributed by atoms with Crippen LogP contribution in [0.2, 0.25) is 5.02 Å². The first-order chi connectivity index (χ1) is 12.2. The van der Waals surface area contributed by atoms with Crippen molar-refractivity contribution in [3.63, 3.8) is 0 Å². The van der Waals surface area contributed by atoms with Crippen molar-refractivity contribution < 1.29 is 21.6 Å². The Morgan fingerprint density at radius 3 is 2.38 bits per heavy atom. The summed E-state index contributed by atoms with van der Waals surface area (Å²) in [5, 5.41) is 0.174. The standard InChI is InChI=1S/C16H21ClN2O5S2/c17-14-3-1-2-4-15(14)26(23,24)19-8-6-18(7-9-19)16(20)11-13-5-10-25(21,22)12-13/h1-4,13H,5-12H2/t13-/m1/s1. The van der Waals surface area contributed by atoms with E-state index < -0.39 is 19.9 Å². The Balaban J connectivity index is 1.59. The molecule has 0 aliphatic carbocycles. The van der Waals surface area contributed by atoms with Crippen LogP contribution in [0.5, 0.6) is 0 Å². The van der Waals surface area contributed by atoms with Crippen LogP contribution in [-0.2, 0) is 24.7 Å². The topological polar surface area (TPSA) is 91.8 Å². The van der Waals surface area contributed by atoms with Gasteiger partial charge in [-0.2, -0.15) is 4.31 Å². The van der Waals surface area contributed by atoms with Gasteiger partial charge in [-0.15, -0.1) is 0 Å². The molecule has 1 aromatic carbocycles. The average Bonchev–Trinajstić information content (AvgIpc) is 2.93. The van der Waals surface area contributed by atoms with Crippen LogP contribution in [0.3, 0.4) is 0 Å². The molecule has 2 aliphatic rings. The Labute approximate surface area is 158 Å². The lowest BCUT2D eigenvalue weighted by Crippen LogP contribution is -2.50. The molecule has 2 heterocycles. The smallest absolute Gasteiger partial charge is 0.244 e. The first kappa shape index (κ1) is 19.6. The largest absolute Gasteiger partial charge is 0.340 e. The summed E-state index contributed by atoms with van der Waals surface area (Å²) in [6, 6.07) is 6.29. The number of hydrogen-bond donors (Lipinski definition) is 0. The molecule has 7 nitrogen and oxygen atoms in total. The van der Waals surface area contributed by atoms with Crippen molar-refractivity contribution in [2.24, 2.45) is 5.92 Å². The van der Waals surface area contributed by atoms with Crippen molar-refractivity contribution in [1.29, 1.82) is 0 Å². The second-order valence-corrected chi connectivity index (χ2v) is 11.2. The normalized spacial score (nSPS) is 23.9. The molecule has 1 amide bonds. The molecule has 3 rings (SSSR count). The summed E-state index contributed by atoms with van der Waals surface area (Å²) in [6.07, 6.45) is 0.728. The van der Waals surface area contributed by atoms with Gasteiger partial charge in [0, 0.05) is 32.6 Å². The molecule has 1 atom stereocenters. The molecule has 144 valence electrons. The summed E-state index contributed by atoms with van der Waals surface area (Å²) in [5.41, 5.74) is 0. The number of sulfonamides is 1. The van der Waals surface area contributed by atoms with E-state index in [9.17, 15) is 21.6 Å². The van der Waals surface area contributed by atoms with Crippen LogP contribution in [0.4, 0.5) is 0 Å². The Morgan fingerprint density at radius 2 is 1.81 bits per heavy atom. The molecule has 1 aromatic rings. The minimum Gasteiger partial charge on any atom is -0.340 e. The second-order valence-electron chi connectivity index (χ2n) is 6.69. The summed E-state index contributed by atoms with van der Waals surface area (Å²) in [7, 11) is -6.70. The highest BCUT2D eigenvalue weighted by Gasteiger charge is 2.34. The lowest BCUT2D eigenvalue weighted by molar-refractivity contribution is -0.133. The molecule has 2 aliphatic heterocycles. The van der Waals surface area contributed by atoms with E-state index in [4.69, 9.17) is 11.6 Å². The van der Waals surface area contributed by atoms with Crippen LogP contribution in [0.25, 0.3) is 0 Å². The summed E-state index contributed by atoms with van der Waals surface area (Å²) in [5.74, 6) is -0.0201. The van der Waals surface area contributed by atoms with Crippen molar-refractivity contribution >= 4 is 37.4 Å². The highest BCUT2D eigenvalue weighted by molar-refractivity contribution is 7.91. The SMILES string of the molecule is O=C(C[C@H]1CCS(=O)(=O)C1)N1CCN(S(=O)(=O)c2ccccc2Cl)CC1. The van der Waals surface area contributed by atoms with Crippen molar-refractivity contribution in [3.05, 3.63) is 29.3 Å². The van der Waals surface area contributed by atoms with Crippen LogP contribution < -0.4 is 0 Å². The number of rotatable bonds is 4. The first-order valence-corrected chi connectivity index (χ1v) is 12.1. The van der Waals surface area contributed by atoms with Gasteiger partial charge in [-0.05, 0) is 24.5 Å². The summed E-state index contributed by atoms with van der Waals surface area (Å²) >= 11 is 6.01. The minimum atomic E-state index is -3.70. The van der Waals surface area contributed by atoms with E-state index in [0.717, 1.165) is 0 Å². The molecule has 0 bridgehead atoms. The molecule has 0 aromatic heterocycles. The molecule has 10 heteroatoms. The zero-order valence-electron chi connectivity index (χ0n) is 14.2. The van der Waals surface area contributed by atoms with Gasteiger partial charge >= 0.3 is 0 Å². The van der Waals surface area contributed by atoms with E-state index in [2.05, 4.69) is 0 Å². The van der Waals surface area contributed by atoms with E-state index in [1.807, 2.05) is 0 Å². The van der Waals surface area contributed by atoms with E-state index in [1.54, 1.807) is 17.0 Å². The summed E-state index contributed by atoms with van der Waals surface area (Å²) in [4.78, 5) is 14.1. The second kappa shape index (κ2) is 7.46. The van der Waals surface area contributed by atoms with Crippen LogP contribution in [0, 0.1) is 5.92 Å². The van der Waals surface area contributed by atoms with Gasteiger partial charge in [-0.3, -0.25) is 4.79 Å². The van der Waals surface area contributed by atoms with Crippen molar-refractivity contribution in [1.82, 2.24) is 9.21 Å². The first-order valence-electron chi connectivity index (χ1n) is 8.42. The highest BCUT2D eigenvalue weighted by Crippen LogP contribution is 2.26. The fraction of sp³-hybridized carbons (Fsp3) is 0.562. The Bertz CT molecular complexity index is 893. The van der Waals surface area contributed by atoms with Crippen molar-refractivity contribution in [2.75, 3.05) is 37.7 Å². The van der Waals surface area contributed by atoms with Gasteiger partial charge in [-0.1, -0.05) is 23.7 Å². The number of sulfone groups is 1. The van der Waals surface area contributed by atoms with E-state index >= 15 is 0 Å². The zero-order valence-corrected chi connectivity index (χ0v) is 16.6. The summed E-state index contributed by atoms with van der Waals surface area (Å²) in [6.45, 7) is 0.981. The molecule has 0 radical (unpaired) electrons. The van der Waals surface area contributed by atoms with Crippen LogP contribution >= 0.6 is 11.6 Å². The number of carbonyl (C=O) groups excluding carboxylic acids is 1. The Kier molecular flexibility index (Phi) is 5.62. The number of carbonyl (C=O) groups is 1. The lowest BCUT2D eigenvalue weighted by atomic mass is 10.0. The van der Waals surface area contributed by atoms with Gasteiger partial charge in [0.1, 0.15) is 4.90 Å². The molecular formula is C16H21ClN2O5S2. The van der Waals surface area contributed by atoms with E-state index in [0.29, 0.717) is 19.5 Å². The third-order valence-electron chi connectivity index (χ3n) is 4.84. The zero-order chi connectivity index (χ0) is 18.9. The highest BCUT2D eigenvalue weighted by atomic mass is 35.5. The summed E-state index contributed by atoms with van der Waals surface area (Å²) < 4.78 is 49.8. The van der Waals surface area contributed by atoms with Crippen LogP contribution in [-0.4, -0.2) is 69.6 Å².